The molecule has 2 atom stereocenters. The Hall–Kier alpha value is -1.87. The summed E-state index contributed by atoms with van der Waals surface area (Å²) in [5.41, 5.74) is 0.640. The van der Waals surface area contributed by atoms with Crippen molar-refractivity contribution in [3.05, 3.63) is 39.7 Å². The molecule has 29 heavy (non-hydrogen) atoms. The number of carbonyl (C=O) groups excluding carboxylic acids is 1. The topological polar surface area (TPSA) is 103 Å². The molecule has 3 rings (SSSR count). The molecule has 1 aliphatic rings. The summed E-state index contributed by atoms with van der Waals surface area (Å²) < 4.78 is 5.62. The average molecular weight is 442 g/mol. The molecule has 0 saturated carbocycles. The molecule has 0 bridgehead atoms. The molecule has 1 saturated heterocycles. The van der Waals surface area contributed by atoms with E-state index in [1.165, 1.54) is 0 Å². The molecule has 10 heteroatoms. The zero-order chi connectivity index (χ0) is 21.3. The summed E-state index contributed by atoms with van der Waals surface area (Å²) in [6, 6.07) is -0.182. The third-order valence-corrected chi connectivity index (χ3v) is 5.96. The van der Waals surface area contributed by atoms with Gasteiger partial charge in [-0.25, -0.2) is 9.97 Å². The van der Waals surface area contributed by atoms with Crippen LogP contribution in [0.5, 0.6) is 0 Å². The Kier molecular flexibility index (Phi) is 6.38. The van der Waals surface area contributed by atoms with Gasteiger partial charge in [-0.15, -0.1) is 0 Å². The number of carbonyl (C=O) groups is 1. The summed E-state index contributed by atoms with van der Waals surface area (Å²) in [6.45, 7) is 6.29. The van der Waals surface area contributed by atoms with E-state index in [1.54, 1.807) is 40.3 Å². The third kappa shape index (κ3) is 4.66. The quantitative estimate of drug-likeness (QED) is 0.658. The molecule has 0 aliphatic carbocycles. The monoisotopic (exact) mass is 441 g/mol. The summed E-state index contributed by atoms with van der Waals surface area (Å²) in [4.78, 5) is 26.2. The fourth-order valence-corrected chi connectivity index (χ4v) is 3.74. The molecule has 8 nitrogen and oxygen atoms in total. The number of halogens is 2. The number of nitrogens with one attached hydrogen (secondary N) is 2. The largest absolute Gasteiger partial charge is 0.382 e. The molecule has 1 aliphatic heterocycles. The minimum atomic E-state index is -1.09. The maximum atomic E-state index is 12.6. The smallest absolute Gasteiger partial charge is 0.269 e. The van der Waals surface area contributed by atoms with Crippen molar-refractivity contribution in [1.29, 1.82) is 0 Å². The molecule has 3 heterocycles. The summed E-state index contributed by atoms with van der Waals surface area (Å²) in [5.74, 6) is 0.0480. The number of piperidine rings is 1. The molecular weight excluding hydrogens is 417 g/mol. The fourth-order valence-electron chi connectivity index (χ4n) is 3.32. The number of ether oxygens (including phenoxy) is 1. The van der Waals surface area contributed by atoms with Crippen molar-refractivity contribution in [1.82, 2.24) is 20.3 Å². The van der Waals surface area contributed by atoms with Gasteiger partial charge in [0.15, 0.2) is 5.82 Å². The van der Waals surface area contributed by atoms with Crippen molar-refractivity contribution in [2.45, 2.75) is 44.9 Å². The number of H-pyrrole nitrogens is 1. The minimum absolute atomic E-state index is 0.182. The number of hydrogen-bond donors (Lipinski definition) is 3. The molecule has 2 aromatic heterocycles. The number of nitrogens with zero attached hydrogens (tertiary/aromatic N) is 3. The second-order valence-electron chi connectivity index (χ2n) is 7.67. The van der Waals surface area contributed by atoms with Crippen LogP contribution in [0.1, 0.15) is 42.3 Å². The molecular formula is C19H25Cl2N5O3. The molecule has 0 unspecified atom stereocenters. The van der Waals surface area contributed by atoms with E-state index < -0.39 is 5.60 Å². The van der Waals surface area contributed by atoms with Gasteiger partial charge in [0.05, 0.1) is 40.3 Å². The molecule has 158 valence electrons. The number of hydrogen-bond acceptors (Lipinski definition) is 6. The SMILES string of the molecule is CO[C@H]1CN(c2cnc(C(C)(C)O)nc2)CC[C@H]1NC(=O)c1[nH]c(C)c(Cl)c1Cl. The molecule has 1 amide bonds. The summed E-state index contributed by atoms with van der Waals surface area (Å²) in [6.07, 6.45) is 3.82. The number of methoxy groups -OCH3 is 1. The van der Waals surface area contributed by atoms with Crippen LogP contribution in [0, 0.1) is 6.92 Å². The summed E-state index contributed by atoms with van der Waals surface area (Å²) >= 11 is 12.2. The Morgan fingerprint density at radius 2 is 2.00 bits per heavy atom. The van der Waals surface area contributed by atoms with Gasteiger partial charge in [0, 0.05) is 25.9 Å². The zero-order valence-corrected chi connectivity index (χ0v) is 18.3. The van der Waals surface area contributed by atoms with Crippen molar-refractivity contribution >= 4 is 34.8 Å². The lowest BCUT2D eigenvalue weighted by Gasteiger charge is -2.39. The van der Waals surface area contributed by atoms with Gasteiger partial charge in [-0.2, -0.15) is 0 Å². The predicted molar refractivity (Wildman–Crippen MR) is 112 cm³/mol. The highest BCUT2D eigenvalue weighted by molar-refractivity contribution is 6.44. The van der Waals surface area contributed by atoms with Gasteiger partial charge in [0.25, 0.3) is 5.91 Å². The van der Waals surface area contributed by atoms with Crippen molar-refractivity contribution in [3.63, 3.8) is 0 Å². The maximum absolute atomic E-state index is 12.6. The normalized spacial score (nSPS) is 20.0. The van der Waals surface area contributed by atoms with E-state index in [-0.39, 0.29) is 28.8 Å². The van der Waals surface area contributed by atoms with Crippen molar-refractivity contribution < 1.29 is 14.6 Å². The third-order valence-electron chi connectivity index (χ3n) is 5.01. The Labute approximate surface area is 179 Å². The average Bonchev–Trinajstić information content (AvgIpc) is 2.95. The van der Waals surface area contributed by atoms with Crippen molar-refractivity contribution in [3.8, 4) is 0 Å². The molecule has 0 aromatic carbocycles. The zero-order valence-electron chi connectivity index (χ0n) is 16.8. The van der Waals surface area contributed by atoms with Crippen LogP contribution in [-0.4, -0.2) is 58.3 Å². The van der Waals surface area contributed by atoms with Crippen molar-refractivity contribution in [2.75, 3.05) is 25.1 Å². The van der Waals surface area contributed by atoms with Crippen LogP contribution in [0.3, 0.4) is 0 Å². The number of aryl methyl sites for hydroxylation is 1. The maximum Gasteiger partial charge on any atom is 0.269 e. The number of aromatic amines is 1. The second kappa shape index (κ2) is 8.47. The highest BCUT2D eigenvalue weighted by atomic mass is 35.5. The molecule has 3 N–H and O–H groups in total. The Bertz CT molecular complexity index is 879. The number of rotatable bonds is 5. The first-order chi connectivity index (χ1) is 13.6. The Morgan fingerprint density at radius 1 is 1.34 bits per heavy atom. The summed E-state index contributed by atoms with van der Waals surface area (Å²) in [5, 5.41) is 13.6. The van der Waals surface area contributed by atoms with Gasteiger partial charge in [-0.1, -0.05) is 23.2 Å². The summed E-state index contributed by atoms with van der Waals surface area (Å²) in [7, 11) is 1.61. The first-order valence-corrected chi connectivity index (χ1v) is 10.0. The van der Waals surface area contributed by atoms with Gasteiger partial charge in [-0.3, -0.25) is 4.79 Å². The number of amides is 1. The van der Waals surface area contributed by atoms with E-state index >= 15 is 0 Å². The number of aliphatic hydroxyl groups is 1. The lowest BCUT2D eigenvalue weighted by molar-refractivity contribution is 0.0539. The number of aromatic nitrogens is 3. The first-order valence-electron chi connectivity index (χ1n) is 9.29. The predicted octanol–water partition coefficient (Wildman–Crippen LogP) is 2.67. The standard InChI is InChI=1S/C19H25Cl2N5O3/c1-10-14(20)15(21)16(24-10)17(27)25-12-5-6-26(9-13(12)29-4)11-7-22-18(23-8-11)19(2,3)28/h7-8,12-13,24,28H,5-6,9H2,1-4H3,(H,25,27)/t12-,13+/m1/s1. The molecule has 2 aromatic rings. The Morgan fingerprint density at radius 3 is 2.52 bits per heavy atom. The van der Waals surface area contributed by atoms with E-state index in [0.717, 1.165) is 5.69 Å². The van der Waals surface area contributed by atoms with Crippen LogP contribution in [-0.2, 0) is 10.3 Å². The lowest BCUT2D eigenvalue weighted by atomic mass is 10.0. The minimum Gasteiger partial charge on any atom is -0.382 e. The second-order valence-corrected chi connectivity index (χ2v) is 8.42. The van der Waals surface area contributed by atoms with Crippen LogP contribution in [0.15, 0.2) is 12.4 Å². The van der Waals surface area contributed by atoms with Gasteiger partial charge in [0.1, 0.15) is 11.3 Å². The van der Waals surface area contributed by atoms with Gasteiger partial charge in [0.2, 0.25) is 0 Å². The van der Waals surface area contributed by atoms with Crippen molar-refractivity contribution in [2.24, 2.45) is 0 Å². The molecule has 1 fully saturated rings. The fraction of sp³-hybridized carbons (Fsp3) is 0.526. The van der Waals surface area contributed by atoms with Crippen LogP contribution in [0.25, 0.3) is 0 Å². The van der Waals surface area contributed by atoms with Crippen LogP contribution < -0.4 is 10.2 Å². The van der Waals surface area contributed by atoms with Crippen LogP contribution in [0.2, 0.25) is 10.0 Å². The van der Waals surface area contributed by atoms with E-state index in [4.69, 9.17) is 27.9 Å². The van der Waals surface area contributed by atoms with Crippen LogP contribution in [0.4, 0.5) is 5.69 Å². The Balaban J connectivity index is 1.68. The van der Waals surface area contributed by atoms with E-state index in [9.17, 15) is 9.90 Å². The van der Waals surface area contributed by atoms with E-state index in [2.05, 4.69) is 25.2 Å². The first kappa shape index (κ1) is 21.8. The lowest BCUT2D eigenvalue weighted by Crippen LogP contribution is -2.55. The van der Waals surface area contributed by atoms with Gasteiger partial charge in [-0.05, 0) is 27.2 Å². The van der Waals surface area contributed by atoms with Gasteiger partial charge >= 0.3 is 0 Å². The molecule has 0 radical (unpaired) electrons. The van der Waals surface area contributed by atoms with E-state index in [1.807, 2.05) is 0 Å². The number of anilines is 1. The van der Waals surface area contributed by atoms with E-state index in [0.29, 0.717) is 36.1 Å². The van der Waals surface area contributed by atoms with Gasteiger partial charge < -0.3 is 25.0 Å². The van der Waals surface area contributed by atoms with Crippen LogP contribution >= 0.6 is 23.2 Å². The highest BCUT2D eigenvalue weighted by Gasteiger charge is 2.32. The molecule has 0 spiro atoms. The highest BCUT2D eigenvalue weighted by Crippen LogP contribution is 2.29.